The first-order valence-electron chi connectivity index (χ1n) is 9.22. The first-order chi connectivity index (χ1) is 14.1. The molecule has 8 nitrogen and oxygen atoms in total. The van der Waals surface area contributed by atoms with Gasteiger partial charge in [-0.2, -0.15) is 0 Å². The lowest BCUT2D eigenvalue weighted by molar-refractivity contribution is -0.128. The van der Waals surface area contributed by atoms with Crippen LogP contribution in [0.25, 0.3) is 0 Å². The minimum absolute atomic E-state index is 0.151. The zero-order valence-corrected chi connectivity index (χ0v) is 16.7. The van der Waals surface area contributed by atoms with Crippen LogP contribution in [0.2, 0.25) is 0 Å². The predicted molar refractivity (Wildman–Crippen MR) is 110 cm³/mol. The van der Waals surface area contributed by atoms with Crippen LogP contribution in [0.4, 0.5) is 11.5 Å². The summed E-state index contributed by atoms with van der Waals surface area (Å²) in [5, 5.41) is 3.72. The SMILES string of the molecule is C[S+]([O-])c1ccc(Oc2ccc(Nc3c[nH]cn3)cc2CN2CCCC2=O)cn1. The third-order valence-electron chi connectivity index (χ3n) is 4.60. The van der Waals surface area contributed by atoms with Crippen LogP contribution in [0.1, 0.15) is 18.4 Å². The normalized spacial score (nSPS) is 14.8. The van der Waals surface area contributed by atoms with Gasteiger partial charge in [0.25, 0.3) is 0 Å². The maximum atomic E-state index is 12.1. The zero-order chi connectivity index (χ0) is 20.2. The molecule has 1 fully saturated rings. The van der Waals surface area contributed by atoms with Crippen molar-refractivity contribution >= 4 is 28.6 Å². The zero-order valence-electron chi connectivity index (χ0n) is 15.9. The first kappa shape index (κ1) is 19.3. The molecule has 1 saturated heterocycles. The number of pyridine rings is 1. The summed E-state index contributed by atoms with van der Waals surface area (Å²) in [5.74, 6) is 2.04. The Kier molecular flexibility index (Phi) is 5.68. The van der Waals surface area contributed by atoms with Gasteiger partial charge < -0.3 is 24.5 Å². The predicted octanol–water partition coefficient (Wildman–Crippen LogP) is 3.20. The fourth-order valence-electron chi connectivity index (χ4n) is 3.16. The second-order valence-corrected chi connectivity index (χ2v) is 8.04. The van der Waals surface area contributed by atoms with E-state index < -0.39 is 11.2 Å². The maximum absolute atomic E-state index is 12.1. The number of carbonyl (C=O) groups is 1. The van der Waals surface area contributed by atoms with Gasteiger partial charge in [-0.3, -0.25) is 4.79 Å². The van der Waals surface area contributed by atoms with Crippen LogP contribution < -0.4 is 10.1 Å². The van der Waals surface area contributed by atoms with Gasteiger partial charge in [0.1, 0.15) is 23.6 Å². The van der Waals surface area contributed by atoms with Crippen molar-refractivity contribution in [1.29, 1.82) is 0 Å². The van der Waals surface area contributed by atoms with Crippen LogP contribution in [-0.4, -0.2) is 43.1 Å². The van der Waals surface area contributed by atoms with Crippen LogP contribution >= 0.6 is 0 Å². The average Bonchev–Trinajstić information content (AvgIpc) is 3.36. The number of benzene rings is 1. The number of amides is 1. The number of nitrogens with one attached hydrogen (secondary N) is 2. The van der Waals surface area contributed by atoms with Crippen molar-refractivity contribution in [3.8, 4) is 11.5 Å². The second-order valence-electron chi connectivity index (χ2n) is 6.71. The molecule has 1 aromatic carbocycles. The van der Waals surface area contributed by atoms with Crippen LogP contribution in [0.3, 0.4) is 0 Å². The van der Waals surface area contributed by atoms with Crippen molar-refractivity contribution in [2.24, 2.45) is 0 Å². The number of H-pyrrole nitrogens is 1. The molecular formula is C20H21N5O3S. The Morgan fingerprint density at radius 2 is 2.21 bits per heavy atom. The highest BCUT2D eigenvalue weighted by Gasteiger charge is 2.22. The number of nitrogens with zero attached hydrogens (tertiary/aromatic N) is 3. The van der Waals surface area contributed by atoms with Crippen molar-refractivity contribution in [2.75, 3.05) is 18.1 Å². The number of hydrogen-bond acceptors (Lipinski definition) is 6. The molecule has 0 radical (unpaired) electrons. The highest BCUT2D eigenvalue weighted by atomic mass is 32.2. The maximum Gasteiger partial charge on any atom is 0.244 e. The summed E-state index contributed by atoms with van der Waals surface area (Å²) >= 11 is -1.14. The summed E-state index contributed by atoms with van der Waals surface area (Å²) in [4.78, 5) is 25.2. The van der Waals surface area contributed by atoms with E-state index in [0.29, 0.717) is 35.3 Å². The van der Waals surface area contributed by atoms with E-state index in [1.807, 2.05) is 23.1 Å². The fraction of sp³-hybridized carbons (Fsp3) is 0.250. The van der Waals surface area contributed by atoms with E-state index in [2.05, 4.69) is 20.3 Å². The molecule has 1 unspecified atom stereocenters. The van der Waals surface area contributed by atoms with E-state index in [9.17, 15) is 9.35 Å². The van der Waals surface area contributed by atoms with Gasteiger partial charge in [-0.25, -0.2) is 9.97 Å². The molecule has 1 aliphatic heterocycles. The molecule has 0 aliphatic carbocycles. The number of carbonyl (C=O) groups excluding carboxylic acids is 1. The summed E-state index contributed by atoms with van der Waals surface area (Å²) in [7, 11) is 0. The van der Waals surface area contributed by atoms with Crippen LogP contribution in [0.15, 0.2) is 54.1 Å². The van der Waals surface area contributed by atoms with Gasteiger partial charge in [0.2, 0.25) is 10.9 Å². The van der Waals surface area contributed by atoms with Gasteiger partial charge in [-0.15, -0.1) is 0 Å². The summed E-state index contributed by atoms with van der Waals surface area (Å²) in [6, 6.07) is 9.13. The summed E-state index contributed by atoms with van der Waals surface area (Å²) < 4.78 is 17.5. The van der Waals surface area contributed by atoms with E-state index in [1.54, 1.807) is 37.1 Å². The number of rotatable bonds is 7. The number of aromatic nitrogens is 3. The number of likely N-dealkylation sites (tertiary alicyclic amines) is 1. The van der Waals surface area contributed by atoms with Gasteiger partial charge >= 0.3 is 0 Å². The average molecular weight is 411 g/mol. The van der Waals surface area contributed by atoms with E-state index in [4.69, 9.17) is 4.74 Å². The summed E-state index contributed by atoms with van der Waals surface area (Å²) in [5.41, 5.74) is 1.73. The van der Waals surface area contributed by atoms with Crippen molar-refractivity contribution < 1.29 is 14.1 Å². The van der Waals surface area contributed by atoms with Crippen molar-refractivity contribution in [3.63, 3.8) is 0 Å². The van der Waals surface area contributed by atoms with E-state index in [-0.39, 0.29) is 5.91 Å². The second kappa shape index (κ2) is 8.54. The Morgan fingerprint density at radius 3 is 2.86 bits per heavy atom. The highest BCUT2D eigenvalue weighted by molar-refractivity contribution is 7.90. The Balaban J connectivity index is 1.59. The molecule has 3 aromatic rings. The quantitative estimate of drug-likeness (QED) is 0.578. The van der Waals surface area contributed by atoms with E-state index in [0.717, 1.165) is 24.2 Å². The Hall–Kier alpha value is -3.04. The van der Waals surface area contributed by atoms with Gasteiger partial charge in [0.05, 0.1) is 12.5 Å². The summed E-state index contributed by atoms with van der Waals surface area (Å²) in [6.07, 6.45) is 7.96. The molecule has 1 atom stereocenters. The molecule has 1 amide bonds. The Labute approximate surface area is 171 Å². The van der Waals surface area contributed by atoms with Gasteiger partial charge in [-0.1, -0.05) is 0 Å². The molecule has 29 heavy (non-hydrogen) atoms. The third-order valence-corrected chi connectivity index (χ3v) is 5.43. The van der Waals surface area contributed by atoms with Crippen LogP contribution in [0.5, 0.6) is 11.5 Å². The molecule has 3 heterocycles. The van der Waals surface area contributed by atoms with Crippen molar-refractivity contribution in [3.05, 3.63) is 54.6 Å². The van der Waals surface area contributed by atoms with Gasteiger partial charge in [-0.05, 0) is 30.7 Å². The largest absolute Gasteiger partial charge is 0.610 e. The van der Waals surface area contributed by atoms with Crippen LogP contribution in [0, 0.1) is 0 Å². The highest BCUT2D eigenvalue weighted by Crippen LogP contribution is 2.31. The first-order valence-corrected chi connectivity index (χ1v) is 10.8. The van der Waals surface area contributed by atoms with Crippen molar-refractivity contribution in [2.45, 2.75) is 24.4 Å². The minimum atomic E-state index is -1.14. The molecular weight excluding hydrogens is 390 g/mol. The summed E-state index contributed by atoms with van der Waals surface area (Å²) in [6.45, 7) is 1.21. The minimum Gasteiger partial charge on any atom is -0.610 e. The van der Waals surface area contributed by atoms with Gasteiger partial charge in [0, 0.05) is 54.2 Å². The topological polar surface area (TPSA) is 106 Å². The van der Waals surface area contributed by atoms with E-state index >= 15 is 0 Å². The number of imidazole rings is 1. The van der Waals surface area contributed by atoms with Gasteiger partial charge in [0.15, 0.2) is 0 Å². The van der Waals surface area contributed by atoms with Crippen molar-refractivity contribution in [1.82, 2.24) is 19.9 Å². The van der Waals surface area contributed by atoms with Crippen LogP contribution in [-0.2, 0) is 22.5 Å². The fourth-order valence-corrected chi connectivity index (χ4v) is 3.62. The van der Waals surface area contributed by atoms with E-state index in [1.165, 1.54) is 0 Å². The lowest BCUT2D eigenvalue weighted by Crippen LogP contribution is -2.24. The molecule has 9 heteroatoms. The third kappa shape index (κ3) is 4.69. The molecule has 2 aromatic heterocycles. The lowest BCUT2D eigenvalue weighted by atomic mass is 10.1. The molecule has 150 valence electrons. The number of aromatic amines is 1. The number of hydrogen-bond donors (Lipinski definition) is 2. The molecule has 4 rings (SSSR count). The Morgan fingerprint density at radius 1 is 1.31 bits per heavy atom. The molecule has 0 spiro atoms. The lowest BCUT2D eigenvalue weighted by Gasteiger charge is -2.19. The molecule has 2 N–H and O–H groups in total. The number of ether oxygens (including phenoxy) is 1. The molecule has 0 bridgehead atoms. The monoisotopic (exact) mass is 411 g/mol. The Bertz CT molecular complexity index is 976. The smallest absolute Gasteiger partial charge is 0.244 e. The standard InChI is InChI=1S/C20H21N5O3S/c1-29(27)19-7-5-16(10-22-19)28-17-6-4-15(24-18-11-21-13-23-18)9-14(17)12-25-8-2-3-20(25)26/h4-7,9-11,13,24H,2-3,8,12H2,1H3,(H,21,23). The molecule has 1 aliphatic rings. The number of anilines is 2. The molecule has 0 saturated carbocycles.